The second-order valence-corrected chi connectivity index (χ2v) is 7.50. The number of nitrogens with zero attached hydrogens (tertiary/aromatic N) is 1. The van der Waals surface area contributed by atoms with E-state index in [9.17, 15) is 5.26 Å². The lowest BCUT2D eigenvalue weighted by Gasteiger charge is -2.22. The summed E-state index contributed by atoms with van der Waals surface area (Å²) in [5, 5.41) is 9.67. The first kappa shape index (κ1) is 16.1. The molecule has 0 spiro atoms. The minimum Gasteiger partial charge on any atom is -0.330 e. The van der Waals surface area contributed by atoms with E-state index in [2.05, 4.69) is 31.0 Å². The standard InChI is InChI=1S/C21H26N2/c1-3-5-17(10-11-22)18(13-23)12-20-14-21(20,15-20)19-8-6-16(4-2)7-9-19/h2,6-9,17-18H,3,5,10-12,14-15,22H2,1H3. The summed E-state index contributed by atoms with van der Waals surface area (Å²) in [7, 11) is 0. The number of terminal acetylenes is 1. The molecule has 23 heavy (non-hydrogen) atoms. The van der Waals surface area contributed by atoms with Crippen molar-refractivity contribution in [1.82, 2.24) is 0 Å². The van der Waals surface area contributed by atoms with Crippen LogP contribution in [0.2, 0.25) is 0 Å². The zero-order chi connectivity index (χ0) is 16.5. The molecule has 0 bridgehead atoms. The van der Waals surface area contributed by atoms with Crippen LogP contribution in [0.4, 0.5) is 0 Å². The summed E-state index contributed by atoms with van der Waals surface area (Å²) < 4.78 is 0. The van der Waals surface area contributed by atoms with Crippen LogP contribution in [0.5, 0.6) is 0 Å². The van der Waals surface area contributed by atoms with E-state index in [0.29, 0.717) is 23.3 Å². The molecule has 1 aromatic carbocycles. The molecule has 0 radical (unpaired) electrons. The Morgan fingerprint density at radius 3 is 2.48 bits per heavy atom. The highest BCUT2D eigenvalue weighted by Gasteiger charge is 2.82. The molecule has 2 saturated carbocycles. The number of rotatable bonds is 8. The van der Waals surface area contributed by atoms with Gasteiger partial charge in [-0.3, -0.25) is 0 Å². The Morgan fingerprint density at radius 1 is 1.26 bits per heavy atom. The Morgan fingerprint density at radius 2 is 1.96 bits per heavy atom. The summed E-state index contributed by atoms with van der Waals surface area (Å²) in [6.07, 6.45) is 12.2. The van der Waals surface area contributed by atoms with Crippen LogP contribution in [0.1, 0.15) is 56.6 Å². The lowest BCUT2D eigenvalue weighted by atomic mass is 9.82. The van der Waals surface area contributed by atoms with Crippen molar-refractivity contribution >= 4 is 0 Å². The number of nitrogens with two attached hydrogens (primary N) is 1. The zero-order valence-electron chi connectivity index (χ0n) is 14.0. The maximum atomic E-state index is 9.67. The van der Waals surface area contributed by atoms with Gasteiger partial charge in [0.1, 0.15) is 0 Å². The molecular formula is C21H26N2. The van der Waals surface area contributed by atoms with Crippen molar-refractivity contribution < 1.29 is 0 Å². The zero-order valence-corrected chi connectivity index (χ0v) is 14.0. The Hall–Kier alpha value is -1.77. The van der Waals surface area contributed by atoms with Crippen molar-refractivity contribution in [3.8, 4) is 18.4 Å². The molecule has 1 aromatic rings. The molecule has 2 N–H and O–H groups in total. The topological polar surface area (TPSA) is 49.8 Å². The fourth-order valence-corrected chi connectivity index (χ4v) is 4.62. The number of hydrogen-bond acceptors (Lipinski definition) is 2. The van der Waals surface area contributed by atoms with Gasteiger partial charge in [0.15, 0.2) is 0 Å². The van der Waals surface area contributed by atoms with Crippen molar-refractivity contribution in [1.29, 1.82) is 5.26 Å². The minimum absolute atomic E-state index is 0.160. The first-order valence-electron chi connectivity index (χ1n) is 8.81. The first-order chi connectivity index (χ1) is 11.1. The lowest BCUT2D eigenvalue weighted by Crippen LogP contribution is -2.19. The average Bonchev–Trinajstić information content (AvgIpc) is 3.39. The highest BCUT2D eigenvalue weighted by molar-refractivity contribution is 5.51. The molecule has 0 saturated heterocycles. The van der Waals surface area contributed by atoms with Crippen LogP contribution >= 0.6 is 0 Å². The van der Waals surface area contributed by atoms with E-state index >= 15 is 0 Å². The normalized spacial score (nSPS) is 29.7. The Labute approximate surface area is 140 Å². The highest BCUT2D eigenvalue weighted by Crippen LogP contribution is 2.88. The van der Waals surface area contributed by atoms with E-state index in [1.54, 1.807) is 0 Å². The fraction of sp³-hybridized carbons (Fsp3) is 0.571. The molecule has 0 amide bonds. The second kappa shape index (κ2) is 6.03. The third-order valence-corrected chi connectivity index (χ3v) is 6.19. The predicted octanol–water partition coefficient (Wildman–Crippen LogP) is 3.99. The number of hydrogen-bond donors (Lipinski definition) is 1. The van der Waals surface area contributed by atoms with Crippen molar-refractivity contribution in [3.63, 3.8) is 0 Å². The van der Waals surface area contributed by atoms with Crippen LogP contribution in [0.25, 0.3) is 0 Å². The molecule has 120 valence electrons. The third kappa shape index (κ3) is 2.66. The van der Waals surface area contributed by atoms with Gasteiger partial charge in [-0.15, -0.1) is 6.42 Å². The van der Waals surface area contributed by atoms with Crippen LogP contribution in [-0.2, 0) is 5.41 Å². The van der Waals surface area contributed by atoms with Crippen LogP contribution in [0, 0.1) is 40.9 Å². The summed E-state index contributed by atoms with van der Waals surface area (Å²) in [6, 6.07) is 11.1. The Bertz CT molecular complexity index is 632. The second-order valence-electron chi connectivity index (χ2n) is 7.50. The molecular weight excluding hydrogens is 280 g/mol. The predicted molar refractivity (Wildman–Crippen MR) is 93.5 cm³/mol. The number of benzene rings is 1. The van der Waals surface area contributed by atoms with Gasteiger partial charge < -0.3 is 5.73 Å². The van der Waals surface area contributed by atoms with Crippen molar-refractivity contribution in [2.24, 2.45) is 23.0 Å². The molecule has 2 atom stereocenters. The highest BCUT2D eigenvalue weighted by atomic mass is 14.9. The lowest BCUT2D eigenvalue weighted by molar-refractivity contribution is 0.309. The summed E-state index contributed by atoms with van der Waals surface area (Å²) in [5.74, 6) is 3.30. The van der Waals surface area contributed by atoms with Gasteiger partial charge in [0.2, 0.25) is 0 Å². The van der Waals surface area contributed by atoms with Crippen molar-refractivity contribution in [3.05, 3.63) is 35.4 Å². The summed E-state index contributed by atoms with van der Waals surface area (Å²) >= 11 is 0. The van der Waals surface area contributed by atoms with E-state index in [4.69, 9.17) is 12.2 Å². The smallest absolute Gasteiger partial charge is 0.0658 e. The molecule has 3 rings (SSSR count). The average molecular weight is 306 g/mol. The third-order valence-electron chi connectivity index (χ3n) is 6.19. The molecule has 2 aliphatic rings. The van der Waals surface area contributed by atoms with E-state index in [-0.39, 0.29) is 5.92 Å². The molecule has 2 nitrogen and oxygen atoms in total. The quantitative estimate of drug-likeness (QED) is 0.738. The van der Waals surface area contributed by atoms with E-state index < -0.39 is 0 Å². The van der Waals surface area contributed by atoms with Crippen molar-refractivity contribution in [2.45, 2.75) is 50.9 Å². The van der Waals surface area contributed by atoms with Gasteiger partial charge in [-0.2, -0.15) is 5.26 Å². The number of nitriles is 1. The minimum atomic E-state index is 0.160. The van der Waals surface area contributed by atoms with E-state index in [0.717, 1.165) is 31.2 Å². The SMILES string of the molecule is C#Cc1ccc(C23CC2(CC(C#N)C(CCC)CCN)C3)cc1. The van der Waals surface area contributed by atoms with Gasteiger partial charge in [-0.1, -0.05) is 31.4 Å². The van der Waals surface area contributed by atoms with Crippen LogP contribution in [-0.4, -0.2) is 6.54 Å². The molecule has 2 heteroatoms. The van der Waals surface area contributed by atoms with Gasteiger partial charge in [0.05, 0.1) is 6.07 Å². The van der Waals surface area contributed by atoms with Crippen LogP contribution in [0.15, 0.2) is 24.3 Å². The monoisotopic (exact) mass is 306 g/mol. The van der Waals surface area contributed by atoms with Gasteiger partial charge >= 0.3 is 0 Å². The molecule has 2 unspecified atom stereocenters. The van der Waals surface area contributed by atoms with Gasteiger partial charge in [0.25, 0.3) is 0 Å². The fourth-order valence-electron chi connectivity index (χ4n) is 4.62. The molecule has 2 aliphatic carbocycles. The van der Waals surface area contributed by atoms with Gasteiger partial charge in [-0.05, 0) is 67.7 Å². The Balaban J connectivity index is 1.68. The van der Waals surface area contributed by atoms with Crippen LogP contribution in [0.3, 0.4) is 0 Å². The maximum absolute atomic E-state index is 9.67. The molecule has 0 heterocycles. The summed E-state index contributed by atoms with van der Waals surface area (Å²) in [4.78, 5) is 0. The van der Waals surface area contributed by atoms with Gasteiger partial charge in [-0.25, -0.2) is 0 Å². The van der Waals surface area contributed by atoms with E-state index in [1.807, 2.05) is 12.1 Å². The molecule has 0 aliphatic heterocycles. The van der Waals surface area contributed by atoms with E-state index in [1.165, 1.54) is 18.4 Å². The Kier molecular flexibility index (Phi) is 4.22. The summed E-state index contributed by atoms with van der Waals surface area (Å²) in [6.45, 7) is 2.89. The first-order valence-corrected chi connectivity index (χ1v) is 8.81. The molecule has 0 aromatic heterocycles. The van der Waals surface area contributed by atoms with Crippen molar-refractivity contribution in [2.75, 3.05) is 6.54 Å². The number of fused-ring (bicyclic) bond motifs is 1. The summed E-state index contributed by atoms with van der Waals surface area (Å²) in [5.41, 5.74) is 8.87. The largest absolute Gasteiger partial charge is 0.330 e. The maximum Gasteiger partial charge on any atom is 0.0658 e. The van der Waals surface area contributed by atoms with Gasteiger partial charge in [0, 0.05) is 16.9 Å². The van der Waals surface area contributed by atoms with Crippen LogP contribution < -0.4 is 5.73 Å². The molecule has 2 fully saturated rings.